The predicted molar refractivity (Wildman–Crippen MR) is 51.1 cm³/mol. The molecule has 0 fully saturated rings. The van der Waals surface area contributed by atoms with Gasteiger partial charge in [0, 0.05) is 0 Å². The van der Waals surface area contributed by atoms with E-state index in [4.69, 9.17) is 5.41 Å². The summed E-state index contributed by atoms with van der Waals surface area (Å²) in [6.07, 6.45) is 11.0. The topological polar surface area (TPSA) is 23.9 Å². The van der Waals surface area contributed by atoms with E-state index in [0.717, 1.165) is 12.8 Å². The lowest BCUT2D eigenvalue weighted by Crippen LogP contribution is -1.78. The van der Waals surface area contributed by atoms with Crippen molar-refractivity contribution in [2.75, 3.05) is 0 Å². The molecule has 0 aliphatic rings. The fourth-order valence-electron chi connectivity index (χ4n) is 0.712. The molecule has 0 amide bonds. The minimum atomic E-state index is 0.801. The maximum absolute atomic E-state index is 6.84. The van der Waals surface area contributed by atoms with E-state index >= 15 is 0 Å². The zero-order valence-electron chi connectivity index (χ0n) is 7.01. The molecule has 0 saturated carbocycles. The van der Waals surface area contributed by atoms with Crippen LogP contribution in [0.2, 0.25) is 0 Å². The highest BCUT2D eigenvalue weighted by molar-refractivity contribution is 5.53. The molecular formula is C10H15N. The van der Waals surface area contributed by atoms with Gasteiger partial charge in [0.1, 0.15) is 0 Å². The van der Waals surface area contributed by atoms with Crippen molar-refractivity contribution in [3.63, 3.8) is 0 Å². The normalized spacial score (nSPS) is 11.9. The van der Waals surface area contributed by atoms with Crippen molar-refractivity contribution >= 4 is 6.21 Å². The van der Waals surface area contributed by atoms with Gasteiger partial charge in [0.25, 0.3) is 0 Å². The molecule has 0 heterocycles. The van der Waals surface area contributed by atoms with Crippen LogP contribution in [0.15, 0.2) is 36.5 Å². The molecule has 0 aliphatic carbocycles. The van der Waals surface area contributed by atoms with Crippen molar-refractivity contribution < 1.29 is 0 Å². The fraction of sp³-hybridized carbons (Fsp3) is 0.300. The molecule has 0 atom stereocenters. The summed E-state index contributed by atoms with van der Waals surface area (Å²) in [5, 5.41) is 6.84. The molecule has 0 unspecified atom stereocenters. The van der Waals surface area contributed by atoms with E-state index in [9.17, 15) is 0 Å². The molecule has 0 rings (SSSR count). The molecule has 0 spiro atoms. The van der Waals surface area contributed by atoms with Crippen molar-refractivity contribution in [1.82, 2.24) is 0 Å². The molecule has 0 aromatic heterocycles. The first-order chi connectivity index (χ1) is 5.35. The van der Waals surface area contributed by atoms with Crippen molar-refractivity contribution in [2.24, 2.45) is 0 Å². The quantitative estimate of drug-likeness (QED) is 0.459. The largest absolute Gasteiger partial charge is 0.313 e. The van der Waals surface area contributed by atoms with Gasteiger partial charge in [0.2, 0.25) is 0 Å². The average molecular weight is 149 g/mol. The third kappa shape index (κ3) is 5.34. The molecule has 11 heavy (non-hydrogen) atoms. The van der Waals surface area contributed by atoms with Crippen LogP contribution >= 0.6 is 0 Å². The summed E-state index contributed by atoms with van der Waals surface area (Å²) in [5.41, 5.74) is 1.19. The van der Waals surface area contributed by atoms with Gasteiger partial charge in [0.15, 0.2) is 0 Å². The van der Waals surface area contributed by atoms with Crippen LogP contribution in [0.4, 0.5) is 0 Å². The Bertz CT molecular complexity index is 175. The highest BCUT2D eigenvalue weighted by atomic mass is 14.3. The minimum Gasteiger partial charge on any atom is -0.313 e. The van der Waals surface area contributed by atoms with Crippen LogP contribution in [0.25, 0.3) is 0 Å². The van der Waals surface area contributed by atoms with E-state index in [1.807, 2.05) is 31.2 Å². The van der Waals surface area contributed by atoms with Crippen LogP contribution in [-0.4, -0.2) is 6.21 Å². The Balaban J connectivity index is 3.92. The molecule has 0 aliphatic heterocycles. The Morgan fingerprint density at radius 2 is 2.27 bits per heavy atom. The van der Waals surface area contributed by atoms with Crippen LogP contribution in [0.5, 0.6) is 0 Å². The number of allylic oxidation sites excluding steroid dienone is 5. The molecule has 0 saturated heterocycles. The summed E-state index contributed by atoms with van der Waals surface area (Å²) < 4.78 is 0. The summed E-state index contributed by atoms with van der Waals surface area (Å²) in [6, 6.07) is 0. The first-order valence-electron chi connectivity index (χ1n) is 3.78. The SMILES string of the molecule is C=C/C(=C\C=C/C)CCC=N. The Labute approximate surface area is 68.6 Å². The van der Waals surface area contributed by atoms with Crippen LogP contribution < -0.4 is 0 Å². The molecular weight excluding hydrogens is 134 g/mol. The first kappa shape index (κ1) is 9.89. The zero-order valence-corrected chi connectivity index (χ0v) is 7.01. The summed E-state index contributed by atoms with van der Waals surface area (Å²) in [4.78, 5) is 0. The number of hydrogen-bond donors (Lipinski definition) is 1. The standard InChI is InChI=1S/C10H15N/c1-3-5-7-10(4-2)8-6-9-11/h3-5,7,9,11H,2,6,8H2,1H3/b5-3-,10-7+,11-9?. The third-order valence-corrected chi connectivity index (χ3v) is 1.34. The summed E-state index contributed by atoms with van der Waals surface area (Å²) in [7, 11) is 0. The summed E-state index contributed by atoms with van der Waals surface area (Å²) in [6.45, 7) is 5.67. The molecule has 1 N–H and O–H groups in total. The average Bonchev–Trinajstić information content (AvgIpc) is 2.05. The monoisotopic (exact) mass is 149 g/mol. The smallest absolute Gasteiger partial charge is 0.00444 e. The minimum absolute atomic E-state index is 0.801. The van der Waals surface area contributed by atoms with Gasteiger partial charge in [-0.3, -0.25) is 0 Å². The van der Waals surface area contributed by atoms with Crippen molar-refractivity contribution in [3.8, 4) is 0 Å². The van der Waals surface area contributed by atoms with E-state index in [1.54, 1.807) is 0 Å². The maximum atomic E-state index is 6.84. The number of hydrogen-bond acceptors (Lipinski definition) is 1. The van der Waals surface area contributed by atoms with Crippen molar-refractivity contribution in [2.45, 2.75) is 19.8 Å². The number of rotatable bonds is 5. The lowest BCUT2D eigenvalue weighted by Gasteiger charge is -1.94. The Morgan fingerprint density at radius 1 is 1.55 bits per heavy atom. The Morgan fingerprint density at radius 3 is 2.73 bits per heavy atom. The van der Waals surface area contributed by atoms with Gasteiger partial charge in [0.05, 0.1) is 0 Å². The molecule has 0 bridgehead atoms. The summed E-state index contributed by atoms with van der Waals surface area (Å²) in [5.74, 6) is 0. The Hall–Kier alpha value is -1.11. The lowest BCUT2D eigenvalue weighted by molar-refractivity contribution is 1.06. The molecule has 0 aromatic rings. The highest BCUT2D eigenvalue weighted by Gasteiger charge is 1.86. The molecule has 0 aromatic carbocycles. The second-order valence-electron chi connectivity index (χ2n) is 2.21. The first-order valence-corrected chi connectivity index (χ1v) is 3.78. The van der Waals surface area contributed by atoms with Crippen molar-refractivity contribution in [1.29, 1.82) is 5.41 Å². The highest BCUT2D eigenvalue weighted by Crippen LogP contribution is 2.04. The predicted octanol–water partition coefficient (Wildman–Crippen LogP) is 3.10. The second-order valence-corrected chi connectivity index (χ2v) is 2.21. The fourth-order valence-corrected chi connectivity index (χ4v) is 0.712. The Kier molecular flexibility index (Phi) is 6.30. The van der Waals surface area contributed by atoms with Crippen LogP contribution in [-0.2, 0) is 0 Å². The number of nitrogens with one attached hydrogen (secondary N) is 1. The molecule has 1 heteroatoms. The molecule has 0 radical (unpaired) electrons. The van der Waals surface area contributed by atoms with Crippen molar-refractivity contribution in [3.05, 3.63) is 36.5 Å². The summed E-state index contributed by atoms with van der Waals surface area (Å²) >= 11 is 0. The van der Waals surface area contributed by atoms with Gasteiger partial charge in [-0.05, 0) is 31.6 Å². The maximum Gasteiger partial charge on any atom is -0.00444 e. The van der Waals surface area contributed by atoms with E-state index in [2.05, 4.69) is 6.58 Å². The zero-order chi connectivity index (χ0) is 8.53. The van der Waals surface area contributed by atoms with Gasteiger partial charge in [-0.2, -0.15) is 0 Å². The van der Waals surface area contributed by atoms with Crippen LogP contribution in [0, 0.1) is 5.41 Å². The van der Waals surface area contributed by atoms with Gasteiger partial charge < -0.3 is 5.41 Å². The van der Waals surface area contributed by atoms with Gasteiger partial charge in [-0.15, -0.1) is 0 Å². The van der Waals surface area contributed by atoms with Crippen LogP contribution in [0.3, 0.4) is 0 Å². The lowest BCUT2D eigenvalue weighted by atomic mass is 10.1. The van der Waals surface area contributed by atoms with Gasteiger partial charge in [-0.1, -0.05) is 30.9 Å². The van der Waals surface area contributed by atoms with Gasteiger partial charge >= 0.3 is 0 Å². The van der Waals surface area contributed by atoms with E-state index in [-0.39, 0.29) is 0 Å². The molecule has 60 valence electrons. The van der Waals surface area contributed by atoms with E-state index < -0.39 is 0 Å². The van der Waals surface area contributed by atoms with E-state index in [1.165, 1.54) is 11.8 Å². The van der Waals surface area contributed by atoms with E-state index in [0.29, 0.717) is 0 Å². The third-order valence-electron chi connectivity index (χ3n) is 1.34. The van der Waals surface area contributed by atoms with Crippen LogP contribution in [0.1, 0.15) is 19.8 Å². The van der Waals surface area contributed by atoms with Gasteiger partial charge in [-0.25, -0.2) is 0 Å². The molecule has 1 nitrogen and oxygen atoms in total. The second kappa shape index (κ2) is 7.00.